The molecule has 1 amide bonds. The molecule has 1 fully saturated rings. The minimum absolute atomic E-state index is 0.202. The third-order valence-electron chi connectivity index (χ3n) is 3.60. The first kappa shape index (κ1) is 15.0. The number of pyridine rings is 1. The van der Waals surface area contributed by atoms with Crippen LogP contribution in [0.3, 0.4) is 0 Å². The van der Waals surface area contributed by atoms with Crippen molar-refractivity contribution >= 4 is 33.3 Å². The highest BCUT2D eigenvalue weighted by molar-refractivity contribution is 9.10. The van der Waals surface area contributed by atoms with Crippen LogP contribution in [0.1, 0.15) is 16.8 Å². The van der Waals surface area contributed by atoms with E-state index in [-0.39, 0.29) is 12.0 Å². The van der Waals surface area contributed by atoms with Gasteiger partial charge >= 0.3 is 0 Å². The molecule has 114 valence electrons. The number of rotatable bonds is 3. The molecule has 2 heterocycles. The van der Waals surface area contributed by atoms with E-state index in [9.17, 15) is 9.90 Å². The Balaban J connectivity index is 1.82. The van der Waals surface area contributed by atoms with Crippen LogP contribution in [0.4, 0.5) is 11.5 Å². The fourth-order valence-electron chi connectivity index (χ4n) is 2.49. The van der Waals surface area contributed by atoms with E-state index in [2.05, 4.69) is 26.2 Å². The average Bonchev–Trinajstić information content (AvgIpc) is 2.96. The van der Waals surface area contributed by atoms with E-state index in [0.29, 0.717) is 30.9 Å². The second-order valence-corrected chi connectivity index (χ2v) is 6.14. The fraction of sp³-hybridized carbons (Fsp3) is 0.250. The van der Waals surface area contributed by atoms with Gasteiger partial charge in [-0.1, -0.05) is 15.9 Å². The number of nitrogens with one attached hydrogen (secondary N) is 1. The molecule has 0 unspecified atom stereocenters. The normalized spacial score (nSPS) is 17.5. The SMILES string of the molecule is O=C(Nc1ccc(Br)cc1)c1cccnc1N1CC[C@H](O)C1. The summed E-state index contributed by atoms with van der Waals surface area (Å²) in [6.45, 7) is 1.21. The van der Waals surface area contributed by atoms with Gasteiger partial charge in [0.1, 0.15) is 5.82 Å². The van der Waals surface area contributed by atoms with E-state index >= 15 is 0 Å². The second-order valence-electron chi connectivity index (χ2n) is 5.22. The van der Waals surface area contributed by atoms with Gasteiger partial charge in [0.15, 0.2) is 0 Å². The highest BCUT2D eigenvalue weighted by atomic mass is 79.9. The Bertz CT molecular complexity index is 675. The van der Waals surface area contributed by atoms with Crippen LogP contribution in [0, 0.1) is 0 Å². The maximum atomic E-state index is 12.5. The van der Waals surface area contributed by atoms with E-state index in [1.807, 2.05) is 29.2 Å². The van der Waals surface area contributed by atoms with Crippen molar-refractivity contribution in [2.45, 2.75) is 12.5 Å². The quantitative estimate of drug-likeness (QED) is 0.881. The van der Waals surface area contributed by atoms with E-state index < -0.39 is 0 Å². The number of nitrogens with zero attached hydrogens (tertiary/aromatic N) is 2. The molecule has 1 aliphatic heterocycles. The van der Waals surface area contributed by atoms with Crippen molar-refractivity contribution in [3.63, 3.8) is 0 Å². The lowest BCUT2D eigenvalue weighted by molar-refractivity contribution is 0.102. The molecule has 0 saturated carbocycles. The number of amides is 1. The topological polar surface area (TPSA) is 65.5 Å². The maximum Gasteiger partial charge on any atom is 0.259 e. The lowest BCUT2D eigenvalue weighted by Gasteiger charge is -2.19. The van der Waals surface area contributed by atoms with Crippen LogP contribution in [0.25, 0.3) is 0 Å². The molecule has 0 bridgehead atoms. The second kappa shape index (κ2) is 6.46. The number of halogens is 1. The van der Waals surface area contributed by atoms with Gasteiger partial charge in [0.05, 0.1) is 11.7 Å². The van der Waals surface area contributed by atoms with Gasteiger partial charge in [-0.2, -0.15) is 0 Å². The molecule has 3 rings (SSSR count). The van der Waals surface area contributed by atoms with Crippen LogP contribution in [0.2, 0.25) is 0 Å². The van der Waals surface area contributed by atoms with Crippen molar-refractivity contribution in [1.29, 1.82) is 0 Å². The van der Waals surface area contributed by atoms with Crippen LogP contribution in [-0.4, -0.2) is 35.2 Å². The van der Waals surface area contributed by atoms with Gasteiger partial charge in [-0.25, -0.2) is 4.98 Å². The van der Waals surface area contributed by atoms with Crippen molar-refractivity contribution < 1.29 is 9.90 Å². The number of β-amino-alcohol motifs (C(OH)–C–C–N with tert-alkyl or cyclic N) is 1. The van der Waals surface area contributed by atoms with Crippen molar-refractivity contribution in [2.24, 2.45) is 0 Å². The molecule has 1 atom stereocenters. The summed E-state index contributed by atoms with van der Waals surface area (Å²) in [5.74, 6) is 0.417. The van der Waals surface area contributed by atoms with Gasteiger partial charge < -0.3 is 15.3 Å². The molecule has 1 aromatic heterocycles. The van der Waals surface area contributed by atoms with E-state index in [4.69, 9.17) is 0 Å². The van der Waals surface area contributed by atoms with Crippen LogP contribution < -0.4 is 10.2 Å². The molecule has 22 heavy (non-hydrogen) atoms. The van der Waals surface area contributed by atoms with Gasteiger partial charge in [0.2, 0.25) is 0 Å². The summed E-state index contributed by atoms with van der Waals surface area (Å²) < 4.78 is 0.957. The molecular weight excluding hydrogens is 346 g/mol. The molecule has 5 nitrogen and oxygen atoms in total. The molecular formula is C16H16BrN3O2. The Hall–Kier alpha value is -1.92. The summed E-state index contributed by atoms with van der Waals surface area (Å²) >= 11 is 3.37. The van der Waals surface area contributed by atoms with Crippen molar-refractivity contribution in [3.8, 4) is 0 Å². The monoisotopic (exact) mass is 361 g/mol. The molecule has 0 radical (unpaired) electrons. The highest BCUT2D eigenvalue weighted by Gasteiger charge is 2.25. The molecule has 2 aromatic rings. The molecule has 0 spiro atoms. The Morgan fingerprint density at radius 2 is 2.09 bits per heavy atom. The molecule has 1 aliphatic rings. The van der Waals surface area contributed by atoms with Gasteiger partial charge in [-0.3, -0.25) is 4.79 Å². The fourth-order valence-corrected chi connectivity index (χ4v) is 2.76. The van der Waals surface area contributed by atoms with E-state index in [1.165, 1.54) is 0 Å². The number of benzene rings is 1. The number of aromatic nitrogens is 1. The molecule has 1 aromatic carbocycles. The van der Waals surface area contributed by atoms with Gasteiger partial charge in [-0.05, 0) is 42.8 Å². The van der Waals surface area contributed by atoms with Crippen molar-refractivity contribution in [1.82, 2.24) is 4.98 Å². The average molecular weight is 362 g/mol. The van der Waals surface area contributed by atoms with Gasteiger partial charge in [0, 0.05) is 29.4 Å². The number of carbonyl (C=O) groups is 1. The summed E-state index contributed by atoms with van der Waals surface area (Å²) in [5.41, 5.74) is 1.24. The standard InChI is InChI=1S/C16H16BrN3O2/c17-11-3-5-12(6-4-11)19-16(22)14-2-1-8-18-15(14)20-9-7-13(21)10-20/h1-6,8,13,21H,7,9-10H2,(H,19,22)/t13-/m0/s1. The third-order valence-corrected chi connectivity index (χ3v) is 4.12. The number of hydrogen-bond donors (Lipinski definition) is 2. The summed E-state index contributed by atoms with van der Waals surface area (Å²) in [6.07, 6.45) is 2.00. The number of anilines is 2. The van der Waals surface area contributed by atoms with Gasteiger partial charge in [-0.15, -0.1) is 0 Å². The smallest absolute Gasteiger partial charge is 0.259 e. The first-order valence-corrected chi connectivity index (χ1v) is 7.88. The molecule has 0 aliphatic carbocycles. The van der Waals surface area contributed by atoms with Crippen molar-refractivity contribution in [2.75, 3.05) is 23.3 Å². The van der Waals surface area contributed by atoms with Crippen LogP contribution in [0.15, 0.2) is 47.1 Å². The van der Waals surface area contributed by atoms with E-state index in [1.54, 1.807) is 18.3 Å². The number of hydrogen-bond acceptors (Lipinski definition) is 4. The predicted octanol–water partition coefficient (Wildman–Crippen LogP) is 2.67. The Morgan fingerprint density at radius 1 is 1.32 bits per heavy atom. The molecule has 1 saturated heterocycles. The summed E-state index contributed by atoms with van der Waals surface area (Å²) in [7, 11) is 0. The lowest BCUT2D eigenvalue weighted by atomic mass is 10.2. The zero-order valence-electron chi connectivity index (χ0n) is 11.9. The van der Waals surface area contributed by atoms with Gasteiger partial charge in [0.25, 0.3) is 5.91 Å². The van der Waals surface area contributed by atoms with Crippen LogP contribution >= 0.6 is 15.9 Å². The summed E-state index contributed by atoms with van der Waals surface area (Å²) in [5, 5.41) is 12.5. The lowest BCUT2D eigenvalue weighted by Crippen LogP contribution is -2.26. The number of carbonyl (C=O) groups excluding carboxylic acids is 1. The zero-order valence-corrected chi connectivity index (χ0v) is 13.5. The largest absolute Gasteiger partial charge is 0.391 e. The Labute approximate surface area is 137 Å². The zero-order chi connectivity index (χ0) is 15.5. The summed E-state index contributed by atoms with van der Waals surface area (Å²) in [4.78, 5) is 18.8. The number of aliphatic hydroxyl groups is 1. The molecule has 6 heteroatoms. The minimum atomic E-state index is -0.357. The maximum absolute atomic E-state index is 12.5. The Kier molecular flexibility index (Phi) is 4.40. The number of aliphatic hydroxyl groups excluding tert-OH is 1. The molecule has 2 N–H and O–H groups in total. The van der Waals surface area contributed by atoms with Crippen LogP contribution in [-0.2, 0) is 0 Å². The first-order chi connectivity index (χ1) is 10.6. The first-order valence-electron chi connectivity index (χ1n) is 7.08. The third kappa shape index (κ3) is 3.28. The minimum Gasteiger partial charge on any atom is -0.391 e. The predicted molar refractivity (Wildman–Crippen MR) is 89.2 cm³/mol. The Morgan fingerprint density at radius 3 is 2.77 bits per heavy atom. The van der Waals surface area contributed by atoms with Crippen LogP contribution in [0.5, 0.6) is 0 Å². The van der Waals surface area contributed by atoms with Crippen molar-refractivity contribution in [3.05, 3.63) is 52.6 Å². The highest BCUT2D eigenvalue weighted by Crippen LogP contribution is 2.23. The van der Waals surface area contributed by atoms with E-state index in [0.717, 1.165) is 10.2 Å². The summed E-state index contributed by atoms with van der Waals surface area (Å²) in [6, 6.07) is 10.9.